The van der Waals surface area contributed by atoms with Crippen molar-refractivity contribution in [1.82, 2.24) is 4.98 Å². The predicted octanol–water partition coefficient (Wildman–Crippen LogP) is 5.01. The minimum atomic E-state index is -4.72. The van der Waals surface area contributed by atoms with Gasteiger partial charge in [-0.15, -0.1) is 13.2 Å². The molecule has 3 nitrogen and oxygen atoms in total. The minimum absolute atomic E-state index is 0.219. The highest BCUT2D eigenvalue weighted by atomic mass is 79.9. The van der Waals surface area contributed by atoms with Crippen LogP contribution in [-0.4, -0.2) is 11.3 Å². The molecule has 1 N–H and O–H groups in total. The molecule has 0 radical (unpaired) electrons. The fourth-order valence-corrected chi connectivity index (χ4v) is 2.27. The molecule has 8 heteroatoms. The number of halogens is 5. The van der Waals surface area contributed by atoms with E-state index in [1.807, 2.05) is 0 Å². The van der Waals surface area contributed by atoms with Crippen LogP contribution < -0.4 is 10.1 Å². The first-order valence-electron chi connectivity index (χ1n) is 5.74. The number of aromatic nitrogens is 1. The van der Waals surface area contributed by atoms with Gasteiger partial charge in [0.25, 0.3) is 0 Å². The molecule has 0 aliphatic rings. The summed E-state index contributed by atoms with van der Waals surface area (Å²) < 4.78 is 40.6. The van der Waals surface area contributed by atoms with Gasteiger partial charge in [0.1, 0.15) is 5.75 Å². The Balaban J connectivity index is 2.05. The Bertz CT molecular complexity index is 637. The summed E-state index contributed by atoms with van der Waals surface area (Å²) in [6.45, 7) is 0.385. The van der Waals surface area contributed by atoms with Gasteiger partial charge in [-0.1, -0.05) is 17.7 Å². The number of hydrogen-bond acceptors (Lipinski definition) is 3. The summed E-state index contributed by atoms with van der Waals surface area (Å²) in [6, 6.07) is 7.80. The van der Waals surface area contributed by atoms with Crippen LogP contribution in [0.5, 0.6) is 5.75 Å². The summed E-state index contributed by atoms with van der Waals surface area (Å²) in [7, 11) is 0. The van der Waals surface area contributed by atoms with Crippen LogP contribution in [0.2, 0.25) is 5.15 Å². The molecule has 0 amide bonds. The van der Waals surface area contributed by atoms with Crippen molar-refractivity contribution in [1.29, 1.82) is 0 Å². The van der Waals surface area contributed by atoms with Crippen LogP contribution in [0.4, 0.5) is 18.9 Å². The summed E-state index contributed by atoms with van der Waals surface area (Å²) in [4.78, 5) is 3.91. The normalized spacial score (nSPS) is 11.3. The first kappa shape index (κ1) is 15.9. The van der Waals surface area contributed by atoms with E-state index in [0.717, 1.165) is 5.56 Å². The van der Waals surface area contributed by atoms with Gasteiger partial charge in [-0.05, 0) is 45.8 Å². The van der Waals surface area contributed by atoms with Crippen molar-refractivity contribution < 1.29 is 17.9 Å². The van der Waals surface area contributed by atoms with Crippen molar-refractivity contribution >= 4 is 33.2 Å². The van der Waals surface area contributed by atoms with Gasteiger partial charge in [-0.25, -0.2) is 4.98 Å². The zero-order valence-corrected chi connectivity index (χ0v) is 12.8. The third-order valence-corrected chi connectivity index (χ3v) is 3.38. The van der Waals surface area contributed by atoms with Crippen molar-refractivity contribution in [3.8, 4) is 5.75 Å². The average Bonchev–Trinajstić information content (AvgIpc) is 2.39. The summed E-state index contributed by atoms with van der Waals surface area (Å²) in [6.07, 6.45) is -3.15. The second kappa shape index (κ2) is 6.53. The van der Waals surface area contributed by atoms with Crippen molar-refractivity contribution in [2.45, 2.75) is 12.9 Å². The molecule has 0 spiro atoms. The molecule has 0 saturated carbocycles. The molecule has 0 aliphatic carbocycles. The molecule has 2 rings (SSSR count). The lowest BCUT2D eigenvalue weighted by Crippen LogP contribution is -2.17. The maximum Gasteiger partial charge on any atom is 0.573 e. The van der Waals surface area contributed by atoms with E-state index in [1.165, 1.54) is 12.1 Å². The predicted molar refractivity (Wildman–Crippen MR) is 77.4 cm³/mol. The van der Waals surface area contributed by atoms with Gasteiger partial charge >= 0.3 is 6.36 Å². The van der Waals surface area contributed by atoms with E-state index < -0.39 is 6.36 Å². The van der Waals surface area contributed by atoms with Crippen LogP contribution >= 0.6 is 27.5 Å². The Labute approximate surface area is 132 Å². The lowest BCUT2D eigenvalue weighted by molar-refractivity contribution is -0.274. The van der Waals surface area contributed by atoms with E-state index >= 15 is 0 Å². The van der Waals surface area contributed by atoms with Crippen LogP contribution in [0.15, 0.2) is 41.0 Å². The fraction of sp³-hybridized carbons (Fsp3) is 0.154. The van der Waals surface area contributed by atoms with Crippen molar-refractivity contribution in [3.05, 3.63) is 51.7 Å². The van der Waals surface area contributed by atoms with Crippen molar-refractivity contribution in [3.63, 3.8) is 0 Å². The molecular formula is C13H9BrClF3N2O. The van der Waals surface area contributed by atoms with Crippen molar-refractivity contribution in [2.75, 3.05) is 5.32 Å². The Hall–Kier alpha value is -1.47. The van der Waals surface area contributed by atoms with Crippen LogP contribution in [0.1, 0.15) is 5.56 Å². The van der Waals surface area contributed by atoms with Gasteiger partial charge in [-0.2, -0.15) is 0 Å². The molecule has 0 atom stereocenters. The van der Waals surface area contributed by atoms with Gasteiger partial charge in [0.05, 0.1) is 10.2 Å². The number of anilines is 1. The summed E-state index contributed by atoms with van der Waals surface area (Å²) >= 11 is 8.94. The number of pyridine rings is 1. The van der Waals surface area contributed by atoms with Crippen LogP contribution in [0.25, 0.3) is 0 Å². The standard InChI is InChI=1S/C13H9BrClF3N2O/c14-9-6-8(3-4-11(9)21-13(16,17)18)7-20-10-2-1-5-19-12(10)15/h1-6,20H,7H2. The zero-order chi connectivity index (χ0) is 15.5. The Morgan fingerprint density at radius 2 is 2.05 bits per heavy atom. The SMILES string of the molecule is FC(F)(F)Oc1ccc(CNc2cccnc2Cl)cc1Br. The number of rotatable bonds is 4. The maximum atomic E-state index is 12.2. The highest BCUT2D eigenvalue weighted by Gasteiger charge is 2.31. The molecule has 0 unspecified atom stereocenters. The Morgan fingerprint density at radius 1 is 1.29 bits per heavy atom. The van der Waals surface area contributed by atoms with Gasteiger partial charge in [0.15, 0.2) is 5.15 Å². The molecule has 0 bridgehead atoms. The molecule has 0 saturated heterocycles. The molecule has 0 fully saturated rings. The molecule has 1 heterocycles. The lowest BCUT2D eigenvalue weighted by Gasteiger charge is -2.12. The van der Waals surface area contributed by atoms with E-state index in [9.17, 15) is 13.2 Å². The van der Waals surface area contributed by atoms with Crippen molar-refractivity contribution in [2.24, 2.45) is 0 Å². The van der Waals surface area contributed by atoms with Gasteiger partial charge < -0.3 is 10.1 Å². The number of nitrogens with one attached hydrogen (secondary N) is 1. The van der Waals surface area contributed by atoms with E-state index in [1.54, 1.807) is 24.4 Å². The highest BCUT2D eigenvalue weighted by molar-refractivity contribution is 9.10. The molecule has 21 heavy (non-hydrogen) atoms. The van der Waals surface area contributed by atoms with Gasteiger partial charge in [-0.3, -0.25) is 0 Å². The molecular weight excluding hydrogens is 373 g/mol. The second-order valence-corrected chi connectivity index (χ2v) is 5.22. The molecule has 1 aromatic carbocycles. The number of hydrogen-bond donors (Lipinski definition) is 1. The number of benzene rings is 1. The smallest absolute Gasteiger partial charge is 0.405 e. The summed E-state index contributed by atoms with van der Waals surface area (Å²) in [5.41, 5.74) is 1.40. The minimum Gasteiger partial charge on any atom is -0.405 e. The van der Waals surface area contributed by atoms with E-state index in [0.29, 0.717) is 17.4 Å². The van der Waals surface area contributed by atoms with Gasteiger partial charge in [0.2, 0.25) is 0 Å². The average molecular weight is 382 g/mol. The monoisotopic (exact) mass is 380 g/mol. The number of alkyl halides is 3. The topological polar surface area (TPSA) is 34.1 Å². The third kappa shape index (κ3) is 4.78. The Kier molecular flexibility index (Phi) is 4.95. The van der Waals surface area contributed by atoms with Crippen LogP contribution in [-0.2, 0) is 6.54 Å². The summed E-state index contributed by atoms with van der Waals surface area (Å²) in [5, 5.41) is 3.37. The van der Waals surface area contributed by atoms with E-state index in [4.69, 9.17) is 11.6 Å². The fourth-order valence-electron chi connectivity index (χ4n) is 1.58. The number of nitrogens with zero attached hydrogens (tertiary/aromatic N) is 1. The van der Waals surface area contributed by atoms with Gasteiger partial charge in [0, 0.05) is 12.7 Å². The zero-order valence-electron chi connectivity index (χ0n) is 10.4. The molecule has 1 aromatic heterocycles. The third-order valence-electron chi connectivity index (χ3n) is 2.46. The Morgan fingerprint density at radius 3 is 2.67 bits per heavy atom. The maximum absolute atomic E-state index is 12.2. The first-order valence-corrected chi connectivity index (χ1v) is 6.91. The second-order valence-electron chi connectivity index (χ2n) is 4.01. The first-order chi connectivity index (χ1) is 9.85. The number of ether oxygens (including phenoxy) is 1. The van der Waals surface area contributed by atoms with Crippen LogP contribution in [0, 0.1) is 0 Å². The molecule has 112 valence electrons. The largest absolute Gasteiger partial charge is 0.573 e. The van der Waals surface area contributed by atoms with Crippen LogP contribution in [0.3, 0.4) is 0 Å². The highest BCUT2D eigenvalue weighted by Crippen LogP contribution is 2.31. The lowest BCUT2D eigenvalue weighted by atomic mass is 10.2. The summed E-state index contributed by atoms with van der Waals surface area (Å²) in [5.74, 6) is -0.286. The van der Waals surface area contributed by atoms with E-state index in [2.05, 4.69) is 31.0 Å². The molecule has 0 aliphatic heterocycles. The quantitative estimate of drug-likeness (QED) is 0.756. The van der Waals surface area contributed by atoms with E-state index in [-0.39, 0.29) is 10.2 Å². The molecule has 2 aromatic rings.